The lowest BCUT2D eigenvalue weighted by atomic mass is 10.0. The molecule has 2 aromatic carbocycles. The molecule has 1 aliphatic heterocycles. The van der Waals surface area contributed by atoms with Gasteiger partial charge in [0.1, 0.15) is 12.6 Å². The van der Waals surface area contributed by atoms with E-state index in [1.807, 2.05) is 30.3 Å². The first-order valence-corrected chi connectivity index (χ1v) is 13.8. The summed E-state index contributed by atoms with van der Waals surface area (Å²) in [6.45, 7) is 2.02. The Labute approximate surface area is 240 Å². The number of carbonyl (C=O) groups is 5. The summed E-state index contributed by atoms with van der Waals surface area (Å²) in [5.74, 6) is -0.835. The molecule has 2 unspecified atom stereocenters. The summed E-state index contributed by atoms with van der Waals surface area (Å²) >= 11 is 0. The Balaban J connectivity index is 1.56. The van der Waals surface area contributed by atoms with Gasteiger partial charge in [-0.25, -0.2) is 9.59 Å². The van der Waals surface area contributed by atoms with Crippen molar-refractivity contribution in [1.82, 2.24) is 15.5 Å². The van der Waals surface area contributed by atoms with E-state index in [-0.39, 0.29) is 26.1 Å². The second-order valence-corrected chi connectivity index (χ2v) is 10.3. The van der Waals surface area contributed by atoms with E-state index in [0.717, 1.165) is 10.5 Å². The first kappa shape index (κ1) is 31.3. The monoisotopic (exact) mass is 567 g/mol. The third-order valence-corrected chi connectivity index (χ3v) is 7.42. The lowest BCUT2D eigenvalue weighted by Crippen LogP contribution is -2.63. The topological polar surface area (TPSA) is 142 Å². The Morgan fingerprint density at radius 1 is 1.02 bits per heavy atom. The number of benzene rings is 2. The smallest absolute Gasteiger partial charge is 0.445 e. The summed E-state index contributed by atoms with van der Waals surface area (Å²) in [5, 5.41) is 15.3. The van der Waals surface area contributed by atoms with E-state index in [1.165, 1.54) is 7.05 Å². The third kappa shape index (κ3) is 8.37. The largest absolute Gasteiger partial charge is 0.523 e. The number of ether oxygens (including phenoxy) is 1. The predicted molar refractivity (Wildman–Crippen MR) is 151 cm³/mol. The zero-order valence-electron chi connectivity index (χ0n) is 23.6. The van der Waals surface area contributed by atoms with E-state index in [4.69, 9.17) is 4.74 Å². The third-order valence-electron chi connectivity index (χ3n) is 7.42. The Bertz CT molecular complexity index is 1210. The number of nitrogens with zero attached hydrogens (tertiary/aromatic N) is 2. The number of rotatable bonds is 12. The van der Waals surface area contributed by atoms with Crippen molar-refractivity contribution < 1.29 is 38.3 Å². The lowest BCUT2D eigenvalue weighted by Gasteiger charge is -2.33. The van der Waals surface area contributed by atoms with Gasteiger partial charge in [0.25, 0.3) is 5.91 Å². The molecule has 41 heavy (non-hydrogen) atoms. The number of unbranched alkanes of at least 4 members (excludes halogenated alkanes) is 1. The lowest BCUT2D eigenvalue weighted by molar-refractivity contribution is -0.790. The summed E-state index contributed by atoms with van der Waals surface area (Å²) in [7, 11) is 1.41. The van der Waals surface area contributed by atoms with Crippen LogP contribution in [-0.4, -0.2) is 83.2 Å². The number of nitrogens with one attached hydrogen (secondary N) is 2. The molecule has 3 N–H and O–H groups in total. The molecule has 3 atom stereocenters. The van der Waals surface area contributed by atoms with E-state index in [0.29, 0.717) is 37.8 Å². The number of hydrogen-bond acceptors (Lipinski definition) is 6. The second-order valence-electron chi connectivity index (χ2n) is 10.3. The SMILES string of the molecule is C[C@@H]1CCC[N+]1(C(=O)O)C(=O)N(C)CC(=O)C(CCCCNC(=O)OCc1ccccc1)NC(=O)c1ccccc1. The normalized spacial score (nSPS) is 18.6. The van der Waals surface area contributed by atoms with Gasteiger partial charge in [-0.3, -0.25) is 14.5 Å². The molecule has 1 saturated heterocycles. The molecule has 2 aromatic rings. The number of likely N-dealkylation sites (tertiary alicyclic amines) is 1. The summed E-state index contributed by atoms with van der Waals surface area (Å²) in [5.41, 5.74) is 1.26. The Hall–Kier alpha value is -4.25. The molecule has 0 aromatic heterocycles. The minimum absolute atomic E-state index is 0.154. The fourth-order valence-corrected chi connectivity index (χ4v) is 5.03. The van der Waals surface area contributed by atoms with E-state index in [2.05, 4.69) is 10.6 Å². The molecule has 0 saturated carbocycles. The minimum atomic E-state index is -1.23. The molecule has 3 rings (SSSR count). The van der Waals surface area contributed by atoms with Crippen LogP contribution < -0.4 is 10.6 Å². The molecule has 0 bridgehead atoms. The van der Waals surface area contributed by atoms with Crippen LogP contribution in [0.4, 0.5) is 14.4 Å². The molecule has 220 valence electrons. The number of likely N-dealkylation sites (N-methyl/N-ethyl adjacent to an activating group) is 1. The first-order chi connectivity index (χ1) is 19.6. The standard InChI is InChI=1S/C30H38N4O7/c1-22-12-11-19-34(22,30(39)40)29(38)33(2)20-26(35)25(32-27(36)24-15-7-4-8-16-24)17-9-10-18-31-28(37)41-21-23-13-5-3-6-14-23/h3-8,13-16,22,25H,9-12,17-21H2,1-2H3,(H2-,31,32,36,37,39,40)/p+1/t22-,25?,34?/m1/s1. The van der Waals surface area contributed by atoms with Crippen molar-refractivity contribution in [3.05, 3.63) is 71.8 Å². The summed E-state index contributed by atoms with van der Waals surface area (Å²) in [4.78, 5) is 64.7. The Morgan fingerprint density at radius 2 is 1.68 bits per heavy atom. The van der Waals surface area contributed by atoms with Gasteiger partial charge in [-0.1, -0.05) is 48.5 Å². The van der Waals surface area contributed by atoms with Crippen LogP contribution in [-0.2, 0) is 16.1 Å². The summed E-state index contributed by atoms with van der Waals surface area (Å²) in [6, 6.07) is 15.8. The van der Waals surface area contributed by atoms with Crippen LogP contribution in [0.25, 0.3) is 0 Å². The average molecular weight is 568 g/mol. The number of quaternary nitrogens is 1. The van der Waals surface area contributed by atoms with Gasteiger partial charge in [0.05, 0.1) is 19.1 Å². The van der Waals surface area contributed by atoms with Crippen LogP contribution in [0.1, 0.15) is 54.9 Å². The Morgan fingerprint density at radius 3 is 2.29 bits per heavy atom. The van der Waals surface area contributed by atoms with E-state index >= 15 is 0 Å². The summed E-state index contributed by atoms with van der Waals surface area (Å²) in [6.07, 6.45) is 0.711. The maximum Gasteiger partial charge on any atom is 0.523 e. The average Bonchev–Trinajstić information content (AvgIpc) is 3.37. The van der Waals surface area contributed by atoms with Crippen LogP contribution in [0.2, 0.25) is 0 Å². The van der Waals surface area contributed by atoms with E-state index < -0.39 is 46.5 Å². The van der Waals surface area contributed by atoms with Crippen LogP contribution in [0.15, 0.2) is 60.7 Å². The number of carbonyl (C=O) groups excluding carboxylic acids is 4. The van der Waals surface area contributed by atoms with Gasteiger partial charge in [0.2, 0.25) is 0 Å². The van der Waals surface area contributed by atoms with Crippen molar-refractivity contribution in [1.29, 1.82) is 0 Å². The number of imide groups is 1. The van der Waals surface area contributed by atoms with Crippen molar-refractivity contribution in [3.63, 3.8) is 0 Å². The highest BCUT2D eigenvalue weighted by Gasteiger charge is 2.54. The van der Waals surface area contributed by atoms with Crippen molar-refractivity contribution in [2.75, 3.05) is 26.7 Å². The van der Waals surface area contributed by atoms with Crippen molar-refractivity contribution in [2.24, 2.45) is 0 Å². The number of amides is 5. The fraction of sp³-hybridized carbons (Fsp3) is 0.433. The van der Waals surface area contributed by atoms with Crippen LogP contribution in [0.5, 0.6) is 0 Å². The van der Waals surface area contributed by atoms with Gasteiger partial charge >= 0.3 is 18.2 Å². The highest BCUT2D eigenvalue weighted by molar-refractivity contribution is 5.98. The number of alkyl carbamates (subject to hydrolysis) is 1. The van der Waals surface area contributed by atoms with Gasteiger partial charge in [-0.15, -0.1) is 4.48 Å². The zero-order chi connectivity index (χ0) is 29.8. The zero-order valence-corrected chi connectivity index (χ0v) is 23.6. The van der Waals surface area contributed by atoms with Crippen molar-refractivity contribution >= 4 is 29.9 Å². The quantitative estimate of drug-likeness (QED) is 0.258. The number of ketones is 1. The minimum Gasteiger partial charge on any atom is -0.445 e. The van der Waals surface area contributed by atoms with Crippen LogP contribution >= 0.6 is 0 Å². The van der Waals surface area contributed by atoms with E-state index in [1.54, 1.807) is 37.3 Å². The van der Waals surface area contributed by atoms with Gasteiger partial charge < -0.3 is 20.5 Å². The van der Waals surface area contributed by atoms with Crippen LogP contribution in [0, 0.1) is 0 Å². The molecule has 5 amide bonds. The molecule has 0 aliphatic carbocycles. The maximum absolute atomic E-state index is 13.3. The first-order valence-electron chi connectivity index (χ1n) is 13.8. The number of urea groups is 1. The molecular weight excluding hydrogens is 528 g/mol. The molecule has 1 heterocycles. The molecule has 0 radical (unpaired) electrons. The van der Waals surface area contributed by atoms with E-state index in [9.17, 15) is 29.1 Å². The summed E-state index contributed by atoms with van der Waals surface area (Å²) < 4.78 is 4.46. The number of Topliss-reactive ketones (excluding diaryl/α,β-unsaturated/α-hetero) is 1. The molecule has 11 heteroatoms. The maximum atomic E-state index is 13.3. The second kappa shape index (κ2) is 14.9. The molecule has 1 aliphatic rings. The number of hydrogen-bond donors (Lipinski definition) is 3. The van der Waals surface area contributed by atoms with Crippen molar-refractivity contribution in [3.8, 4) is 0 Å². The van der Waals surface area contributed by atoms with Gasteiger partial charge in [0.15, 0.2) is 5.78 Å². The molecular formula is C30H39N4O7+. The van der Waals surface area contributed by atoms with Crippen LogP contribution in [0.3, 0.4) is 0 Å². The number of carboxylic acid groups (broad SMARTS) is 1. The molecule has 0 spiro atoms. The van der Waals surface area contributed by atoms with Gasteiger partial charge in [-0.05, 0) is 43.9 Å². The predicted octanol–water partition coefficient (Wildman–Crippen LogP) is 4.18. The fourth-order valence-electron chi connectivity index (χ4n) is 5.03. The van der Waals surface area contributed by atoms with Gasteiger partial charge in [0, 0.05) is 32.0 Å². The molecule has 11 nitrogen and oxygen atoms in total. The van der Waals surface area contributed by atoms with Crippen molar-refractivity contribution in [2.45, 2.75) is 57.7 Å². The Kier molecular flexibility index (Phi) is 11.4. The highest BCUT2D eigenvalue weighted by Crippen LogP contribution is 2.29. The van der Waals surface area contributed by atoms with Gasteiger partial charge in [-0.2, -0.15) is 4.79 Å². The molecule has 1 fully saturated rings. The highest BCUT2D eigenvalue weighted by atomic mass is 16.5.